The zero-order chi connectivity index (χ0) is 18.0. The number of rotatable bonds is 5. The Labute approximate surface area is 145 Å². The molecule has 2 rings (SSSR count). The Morgan fingerprint density at radius 1 is 1.67 bits per heavy atom. The van der Waals surface area contributed by atoms with Gasteiger partial charge in [0.25, 0.3) is 5.56 Å². The van der Waals surface area contributed by atoms with Crippen molar-refractivity contribution in [2.75, 3.05) is 0 Å². The Morgan fingerprint density at radius 3 is 2.92 bits per heavy atom. The van der Waals surface area contributed by atoms with Crippen molar-refractivity contribution in [1.29, 1.82) is 0 Å². The number of carbonyl (C=O) groups excluding carboxylic acids is 1. The van der Waals surface area contributed by atoms with Crippen LogP contribution < -0.4 is 22.3 Å². The highest BCUT2D eigenvalue weighted by atomic mass is 79.9. The van der Waals surface area contributed by atoms with Gasteiger partial charge in [-0.3, -0.25) is 19.1 Å². The Bertz CT molecular complexity index is 743. The van der Waals surface area contributed by atoms with Crippen LogP contribution in [-0.4, -0.2) is 44.9 Å². The molecule has 0 bridgehead atoms. The van der Waals surface area contributed by atoms with E-state index in [1.54, 1.807) is 0 Å². The van der Waals surface area contributed by atoms with E-state index in [1.165, 1.54) is 23.8 Å². The third kappa shape index (κ3) is 3.83. The van der Waals surface area contributed by atoms with E-state index in [1.807, 2.05) is 0 Å². The van der Waals surface area contributed by atoms with Crippen LogP contribution in [0.1, 0.15) is 19.6 Å². The van der Waals surface area contributed by atoms with Gasteiger partial charge in [-0.1, -0.05) is 6.08 Å². The van der Waals surface area contributed by atoms with E-state index in [4.69, 9.17) is 10.5 Å². The molecule has 5 atom stereocenters. The van der Waals surface area contributed by atoms with Gasteiger partial charge in [0.1, 0.15) is 12.3 Å². The van der Waals surface area contributed by atoms with Gasteiger partial charge in [0.2, 0.25) is 5.91 Å². The van der Waals surface area contributed by atoms with E-state index in [0.717, 1.165) is 0 Å². The maximum absolute atomic E-state index is 11.9. The number of ether oxygens (including phenoxy) is 1. The zero-order valence-corrected chi connectivity index (χ0v) is 14.5. The first-order chi connectivity index (χ1) is 11.2. The van der Waals surface area contributed by atoms with Crippen LogP contribution in [0.25, 0.3) is 0 Å². The van der Waals surface area contributed by atoms with Crippen molar-refractivity contribution < 1.29 is 14.6 Å². The number of hydrogen-bond acceptors (Lipinski definition) is 6. The van der Waals surface area contributed by atoms with Crippen LogP contribution in [0.4, 0.5) is 0 Å². The largest absolute Gasteiger partial charge is 0.390 e. The lowest BCUT2D eigenvalue weighted by Crippen LogP contribution is -2.50. The van der Waals surface area contributed by atoms with E-state index in [-0.39, 0.29) is 10.9 Å². The lowest BCUT2D eigenvalue weighted by molar-refractivity contribution is -0.124. The summed E-state index contributed by atoms with van der Waals surface area (Å²) in [6, 6.07) is -1.40. The van der Waals surface area contributed by atoms with Gasteiger partial charge in [-0.05, 0) is 22.9 Å². The van der Waals surface area contributed by atoms with E-state index in [0.29, 0.717) is 0 Å². The third-order valence-electron chi connectivity index (χ3n) is 3.70. The van der Waals surface area contributed by atoms with Crippen molar-refractivity contribution in [2.24, 2.45) is 5.73 Å². The molecule has 1 aromatic heterocycles. The van der Waals surface area contributed by atoms with Gasteiger partial charge < -0.3 is 20.9 Å². The van der Waals surface area contributed by atoms with Crippen molar-refractivity contribution in [3.8, 4) is 0 Å². The Morgan fingerprint density at radius 2 is 2.33 bits per heavy atom. The minimum absolute atomic E-state index is 0.113. The van der Waals surface area contributed by atoms with E-state index < -0.39 is 47.7 Å². The molecule has 2 heterocycles. The second-order valence-corrected chi connectivity index (χ2v) is 6.42. The number of halogens is 1. The van der Waals surface area contributed by atoms with Crippen LogP contribution in [0, 0.1) is 0 Å². The molecule has 1 aliphatic rings. The topological polar surface area (TPSA) is 139 Å². The highest BCUT2D eigenvalue weighted by molar-refractivity contribution is 9.10. The Balaban J connectivity index is 2.21. The van der Waals surface area contributed by atoms with Crippen molar-refractivity contribution in [1.82, 2.24) is 14.9 Å². The van der Waals surface area contributed by atoms with Gasteiger partial charge in [0.05, 0.1) is 22.7 Å². The standard InChI is InChI=1S/C14H19BrN4O5/c1-3-8(17-12(21)6(2)16)11-9(20)4-10(24-11)19-5-7(15)13(22)18-14(19)23/h3,5-6,8-11,20H,1,4,16H2,2H3,(H,17,21)(H,18,22,23)/t6-,8?,9-,10+,11+/m0/s1. The molecule has 1 amide bonds. The molecule has 1 aromatic rings. The van der Waals surface area contributed by atoms with Gasteiger partial charge in [-0.2, -0.15) is 0 Å². The molecule has 0 aromatic carbocycles. The lowest BCUT2D eigenvalue weighted by Gasteiger charge is -2.25. The minimum atomic E-state index is -0.941. The van der Waals surface area contributed by atoms with Crippen LogP contribution >= 0.6 is 15.9 Å². The number of aromatic amines is 1. The molecule has 0 saturated carbocycles. The Kier molecular flexibility index (Phi) is 5.75. The van der Waals surface area contributed by atoms with Crippen LogP contribution in [0.15, 0.2) is 32.9 Å². The summed E-state index contributed by atoms with van der Waals surface area (Å²) < 4.78 is 7.04. The molecule has 1 unspecified atom stereocenters. The maximum atomic E-state index is 11.9. The fourth-order valence-electron chi connectivity index (χ4n) is 2.42. The normalized spacial score (nSPS) is 25.9. The number of hydrogen-bond donors (Lipinski definition) is 4. The molecular formula is C14H19BrN4O5. The number of nitrogens with one attached hydrogen (secondary N) is 2. The lowest BCUT2D eigenvalue weighted by atomic mass is 10.0. The van der Waals surface area contributed by atoms with Crippen molar-refractivity contribution in [2.45, 2.75) is 43.9 Å². The summed E-state index contributed by atoms with van der Waals surface area (Å²) >= 11 is 3.04. The van der Waals surface area contributed by atoms with Crippen LogP contribution in [0.3, 0.4) is 0 Å². The summed E-state index contributed by atoms with van der Waals surface area (Å²) in [6.07, 6.45) is 0.311. The molecule has 0 spiro atoms. The smallest absolute Gasteiger partial charge is 0.330 e. The molecular weight excluding hydrogens is 384 g/mol. The summed E-state index contributed by atoms with van der Waals surface area (Å²) in [4.78, 5) is 37.2. The summed E-state index contributed by atoms with van der Waals surface area (Å²) in [5.74, 6) is -0.414. The number of H-pyrrole nitrogens is 1. The molecule has 1 fully saturated rings. The Hall–Kier alpha value is -1.75. The summed E-state index contributed by atoms with van der Waals surface area (Å²) in [5, 5.41) is 12.9. The first-order valence-corrected chi connectivity index (χ1v) is 8.07. The van der Waals surface area contributed by atoms with Gasteiger partial charge >= 0.3 is 5.69 Å². The molecule has 1 aliphatic heterocycles. The van der Waals surface area contributed by atoms with Crippen LogP contribution in [0.5, 0.6) is 0 Å². The molecule has 132 valence electrons. The number of amides is 1. The molecule has 9 nitrogen and oxygen atoms in total. The van der Waals surface area contributed by atoms with Gasteiger partial charge in [-0.25, -0.2) is 4.79 Å². The minimum Gasteiger partial charge on any atom is -0.390 e. The van der Waals surface area contributed by atoms with E-state index in [2.05, 4.69) is 32.8 Å². The predicted molar refractivity (Wildman–Crippen MR) is 89.3 cm³/mol. The van der Waals surface area contributed by atoms with Crippen molar-refractivity contribution >= 4 is 21.8 Å². The van der Waals surface area contributed by atoms with Crippen molar-refractivity contribution in [3.63, 3.8) is 0 Å². The molecule has 0 radical (unpaired) electrons. The fraction of sp³-hybridized carbons (Fsp3) is 0.500. The number of aromatic nitrogens is 2. The molecule has 0 aliphatic carbocycles. The first kappa shape index (κ1) is 18.6. The number of carbonyl (C=O) groups is 1. The second kappa shape index (κ2) is 7.43. The maximum Gasteiger partial charge on any atom is 0.330 e. The summed E-state index contributed by atoms with van der Waals surface area (Å²) in [7, 11) is 0. The van der Waals surface area contributed by atoms with Crippen LogP contribution in [0.2, 0.25) is 0 Å². The van der Waals surface area contributed by atoms with E-state index in [9.17, 15) is 19.5 Å². The van der Waals surface area contributed by atoms with Crippen LogP contribution in [-0.2, 0) is 9.53 Å². The fourth-order valence-corrected chi connectivity index (χ4v) is 2.74. The van der Waals surface area contributed by atoms with Gasteiger partial charge in [-0.15, -0.1) is 6.58 Å². The number of aliphatic hydroxyl groups excluding tert-OH is 1. The first-order valence-electron chi connectivity index (χ1n) is 7.27. The average molecular weight is 403 g/mol. The molecule has 5 N–H and O–H groups in total. The average Bonchev–Trinajstić information content (AvgIpc) is 2.89. The molecule has 1 saturated heterocycles. The number of nitrogens with two attached hydrogens (primary N) is 1. The third-order valence-corrected chi connectivity index (χ3v) is 4.27. The van der Waals surface area contributed by atoms with Gasteiger partial charge in [0.15, 0.2) is 0 Å². The highest BCUT2D eigenvalue weighted by Crippen LogP contribution is 2.30. The second-order valence-electron chi connectivity index (χ2n) is 5.56. The van der Waals surface area contributed by atoms with E-state index >= 15 is 0 Å². The monoisotopic (exact) mass is 402 g/mol. The summed E-state index contributed by atoms with van der Waals surface area (Å²) in [6.45, 7) is 5.15. The zero-order valence-electron chi connectivity index (χ0n) is 12.9. The quantitative estimate of drug-likeness (QED) is 0.464. The highest BCUT2D eigenvalue weighted by Gasteiger charge is 2.40. The van der Waals surface area contributed by atoms with Gasteiger partial charge in [0, 0.05) is 12.6 Å². The number of aliphatic hydroxyl groups is 1. The predicted octanol–water partition coefficient (Wildman–Crippen LogP) is -1.03. The summed E-state index contributed by atoms with van der Waals surface area (Å²) in [5.41, 5.74) is 4.29. The number of nitrogens with zero attached hydrogens (tertiary/aromatic N) is 1. The SMILES string of the molecule is C=CC(NC(=O)[C@H](C)N)[C@H]1O[C@@H](n2cc(Br)c(=O)[nH]c2=O)C[C@@H]1O. The van der Waals surface area contributed by atoms with Crippen molar-refractivity contribution in [3.05, 3.63) is 44.2 Å². The molecule has 10 heteroatoms. The molecule has 24 heavy (non-hydrogen) atoms.